The van der Waals surface area contributed by atoms with Crippen LogP contribution in [-0.4, -0.2) is 71.3 Å². The SMILES string of the molecule is C#CC(F)C(F)(F)C(F)(F)C(F)(F)C(F)(F)C(F)(F)C(F)(F)C(F)(F)C(F)(F)C(F)(F)C(F)(F)C(F)(F)C#CF. The van der Waals surface area contributed by atoms with Crippen molar-refractivity contribution < 1.29 is 105 Å². The maximum Gasteiger partial charge on any atom is 0.390 e. The first-order chi connectivity index (χ1) is 17.0. The van der Waals surface area contributed by atoms with Crippen LogP contribution in [-0.2, 0) is 0 Å². The summed E-state index contributed by atoms with van der Waals surface area (Å²) in [5, 5.41) is 0. The third kappa shape index (κ3) is 4.25. The van der Waals surface area contributed by atoms with Crippen LogP contribution < -0.4 is 0 Å². The van der Waals surface area contributed by atoms with Crippen LogP contribution in [0.15, 0.2) is 0 Å². The Balaban J connectivity index is 7.34. The first-order valence-electron chi connectivity index (χ1n) is 8.43. The van der Waals surface area contributed by atoms with Crippen LogP contribution in [0, 0.1) is 24.4 Å². The Labute approximate surface area is 202 Å². The van der Waals surface area contributed by atoms with Gasteiger partial charge in [0.15, 0.2) is 0 Å². The van der Waals surface area contributed by atoms with Crippen LogP contribution in [0.3, 0.4) is 0 Å². The Morgan fingerprint density at radius 3 is 0.850 bits per heavy atom. The molecule has 0 aromatic rings. The van der Waals surface area contributed by atoms with E-state index in [0.29, 0.717) is 0 Å². The third-order valence-corrected chi connectivity index (χ3v) is 4.64. The molecule has 0 radical (unpaired) electrons. The first-order valence-corrected chi connectivity index (χ1v) is 8.43. The van der Waals surface area contributed by atoms with E-state index in [-0.39, 0.29) is 5.92 Å². The van der Waals surface area contributed by atoms with E-state index >= 15 is 0 Å². The minimum absolute atomic E-state index is 0.179. The zero-order valence-corrected chi connectivity index (χ0v) is 17.2. The molecule has 0 saturated carbocycles. The Morgan fingerprint density at radius 2 is 0.625 bits per heavy atom. The first kappa shape index (κ1) is 37.4. The molecule has 0 rings (SSSR count). The van der Waals surface area contributed by atoms with Gasteiger partial charge in [0.25, 0.3) is 0 Å². The van der Waals surface area contributed by atoms with Crippen molar-refractivity contribution in [3.8, 4) is 24.4 Å². The molecular weight excluding hydrogens is 648 g/mol. The lowest BCUT2D eigenvalue weighted by molar-refractivity contribution is -0.473. The van der Waals surface area contributed by atoms with Gasteiger partial charge < -0.3 is 0 Å². The van der Waals surface area contributed by atoms with Gasteiger partial charge in [0, 0.05) is 5.92 Å². The van der Waals surface area contributed by atoms with Gasteiger partial charge in [0.2, 0.25) is 6.17 Å². The zero-order chi connectivity index (χ0) is 33.2. The molecule has 0 aromatic carbocycles. The number of rotatable bonds is 11. The van der Waals surface area contributed by atoms with E-state index in [4.69, 9.17) is 0 Å². The molecule has 0 nitrogen and oxygen atoms in total. The van der Waals surface area contributed by atoms with Gasteiger partial charge in [0.05, 0.1) is 0 Å². The predicted octanol–water partition coefficient (Wildman–Crippen LogP) is 7.88. The Morgan fingerprint density at radius 1 is 0.400 bits per heavy atom. The van der Waals surface area contributed by atoms with E-state index in [0.717, 1.165) is 0 Å². The second-order valence-corrected chi connectivity index (χ2v) is 7.12. The average Bonchev–Trinajstić information content (AvgIpc) is 2.76. The lowest BCUT2D eigenvalue weighted by atomic mass is 9.84. The standard InChI is InChI=1S/C16H2F24/c1-2-5(18)7(21,22)9(25,26)11(29,30)13(33,34)15(37,38)16(39,40)14(35,36)12(31,32)10(27,28)8(23,24)6(19,20)3-4-17/h1,5H. The van der Waals surface area contributed by atoms with E-state index < -0.39 is 83.4 Å². The summed E-state index contributed by atoms with van der Waals surface area (Å²) in [5.41, 5.74) is 0. The quantitative estimate of drug-likeness (QED) is 0.158. The number of halogens is 24. The van der Waals surface area contributed by atoms with Crippen molar-refractivity contribution in [1.29, 1.82) is 0 Å². The molecule has 24 heteroatoms. The summed E-state index contributed by atoms with van der Waals surface area (Å²) in [7, 11) is 0. The van der Waals surface area contributed by atoms with Crippen LogP contribution in [0.4, 0.5) is 105 Å². The van der Waals surface area contributed by atoms with Crippen LogP contribution >= 0.6 is 0 Å². The summed E-state index contributed by atoms with van der Waals surface area (Å²) >= 11 is 0. The molecule has 0 bridgehead atoms. The van der Waals surface area contributed by atoms with Crippen molar-refractivity contribution in [2.24, 2.45) is 0 Å². The van der Waals surface area contributed by atoms with Gasteiger partial charge in [-0.25, -0.2) is 4.39 Å². The summed E-state index contributed by atoms with van der Waals surface area (Å²) in [6.07, 6.45) is -2.30. The minimum Gasteiger partial charge on any atom is -0.226 e. The highest BCUT2D eigenvalue weighted by Crippen LogP contribution is 2.67. The average molecular weight is 650 g/mol. The van der Waals surface area contributed by atoms with Gasteiger partial charge in [-0.2, -0.15) is 96.6 Å². The van der Waals surface area contributed by atoms with Gasteiger partial charge >= 0.3 is 65.1 Å². The van der Waals surface area contributed by atoms with Crippen molar-refractivity contribution in [3.63, 3.8) is 0 Å². The minimum atomic E-state index is -9.48. The van der Waals surface area contributed by atoms with Crippen molar-refractivity contribution in [2.75, 3.05) is 0 Å². The van der Waals surface area contributed by atoms with E-state index in [1.165, 1.54) is 0 Å². The molecule has 0 heterocycles. The van der Waals surface area contributed by atoms with Crippen molar-refractivity contribution >= 4 is 0 Å². The zero-order valence-electron chi connectivity index (χ0n) is 17.2. The normalized spacial score (nSPS) is 16.7. The highest BCUT2D eigenvalue weighted by Gasteiger charge is 2.98. The molecule has 0 N–H and O–H groups in total. The molecular formula is C16H2F24. The fourth-order valence-corrected chi connectivity index (χ4v) is 2.19. The van der Waals surface area contributed by atoms with Crippen LogP contribution in [0.25, 0.3) is 0 Å². The molecule has 40 heavy (non-hydrogen) atoms. The molecule has 0 spiro atoms. The molecule has 234 valence electrons. The molecule has 1 unspecified atom stereocenters. The lowest BCUT2D eigenvalue weighted by Crippen LogP contribution is -2.78. The second kappa shape index (κ2) is 9.49. The van der Waals surface area contributed by atoms with Crippen LogP contribution in [0.2, 0.25) is 0 Å². The lowest BCUT2D eigenvalue weighted by Gasteiger charge is -2.45. The predicted molar refractivity (Wildman–Crippen MR) is 77.0 cm³/mol. The number of alkyl halides is 23. The Bertz CT molecular complexity index is 1040. The summed E-state index contributed by atoms with van der Waals surface area (Å²) in [6, 6.07) is 0. The summed E-state index contributed by atoms with van der Waals surface area (Å²) in [5.74, 6) is -97.5. The van der Waals surface area contributed by atoms with Gasteiger partial charge in [-0.3, -0.25) is 0 Å². The Kier molecular flexibility index (Phi) is 8.88. The molecule has 0 saturated heterocycles. The molecule has 0 fully saturated rings. The van der Waals surface area contributed by atoms with Crippen LogP contribution in [0.1, 0.15) is 0 Å². The number of terminal acetylenes is 1. The van der Waals surface area contributed by atoms with E-state index in [1.54, 1.807) is 0 Å². The van der Waals surface area contributed by atoms with E-state index in [9.17, 15) is 105 Å². The third-order valence-electron chi connectivity index (χ3n) is 4.64. The summed E-state index contributed by atoms with van der Waals surface area (Å²) in [4.78, 5) is 0. The monoisotopic (exact) mass is 650 g/mol. The molecule has 1 atom stereocenters. The van der Waals surface area contributed by atoms with E-state index in [1.807, 2.05) is 0 Å². The van der Waals surface area contributed by atoms with Gasteiger partial charge in [-0.1, -0.05) is 5.92 Å². The van der Waals surface area contributed by atoms with Crippen LogP contribution in [0.5, 0.6) is 0 Å². The van der Waals surface area contributed by atoms with Gasteiger partial charge in [-0.05, 0) is 0 Å². The molecule has 0 aromatic heterocycles. The smallest absolute Gasteiger partial charge is 0.226 e. The largest absolute Gasteiger partial charge is 0.390 e. The van der Waals surface area contributed by atoms with Gasteiger partial charge in [-0.15, -0.1) is 10.8 Å². The Hall–Kier alpha value is -2.56. The maximum absolute atomic E-state index is 13.6. The molecule has 0 amide bonds. The molecule has 0 aliphatic heterocycles. The topological polar surface area (TPSA) is 0 Å². The second-order valence-electron chi connectivity index (χ2n) is 7.12. The highest BCUT2D eigenvalue weighted by atomic mass is 19.4. The maximum atomic E-state index is 13.6. The van der Waals surface area contributed by atoms with Crippen molar-refractivity contribution in [2.45, 2.75) is 71.3 Å². The van der Waals surface area contributed by atoms with E-state index in [2.05, 4.69) is 6.42 Å². The fourth-order valence-electron chi connectivity index (χ4n) is 2.19. The highest BCUT2D eigenvalue weighted by molar-refractivity contribution is 5.23. The fraction of sp³-hybridized carbons (Fsp3) is 0.750. The van der Waals surface area contributed by atoms with Crippen molar-refractivity contribution in [1.82, 2.24) is 0 Å². The summed E-state index contributed by atoms with van der Waals surface area (Å²) < 4.78 is 318. The molecule has 0 aliphatic carbocycles. The van der Waals surface area contributed by atoms with Crippen molar-refractivity contribution in [3.05, 3.63) is 0 Å². The number of hydrogen-bond donors (Lipinski definition) is 0. The van der Waals surface area contributed by atoms with Gasteiger partial charge in [0.1, 0.15) is 6.17 Å². The summed E-state index contributed by atoms with van der Waals surface area (Å²) in [6.45, 7) is 0. The number of hydrogen-bond acceptors (Lipinski definition) is 0. The molecule has 0 aliphatic rings.